The average molecular weight is 703 g/mol. The molecule has 0 unspecified atom stereocenters. The number of aliphatic hydroxyl groups excluding tert-OH is 1. The molecule has 1 N–H and O–H groups in total. The van der Waals surface area contributed by atoms with Gasteiger partial charge in [0, 0.05) is 30.6 Å². The van der Waals surface area contributed by atoms with Gasteiger partial charge in [-0.3, -0.25) is 9.59 Å². The number of rotatable bonds is 0. The van der Waals surface area contributed by atoms with E-state index < -0.39 is 58.6 Å². The van der Waals surface area contributed by atoms with Gasteiger partial charge >= 0.3 is 12.3 Å². The van der Waals surface area contributed by atoms with Gasteiger partial charge in [0.25, 0.3) is 0 Å². The SMILES string of the molecule is CC1=C[C@]23C(=O)[C@@H](C=C(C)[C@H]4OC(=O)O[C@]42C1)[C@H]1[C@@H](C[C@H]3C)C1(C)C.CC1=C[C@]23C(=O)[C@@H]([C@H](O)[C@H](C)[C@H]4OC(=O)O[C@]42C1)[C@H]1[C@@H](C[C@H]3C)C1(C)C. The summed E-state index contributed by atoms with van der Waals surface area (Å²) >= 11 is 0. The quantitative estimate of drug-likeness (QED) is 0.207. The van der Waals surface area contributed by atoms with Crippen LogP contribution in [-0.4, -0.2) is 58.5 Å². The summed E-state index contributed by atoms with van der Waals surface area (Å²) in [6.45, 7) is 21.2. The lowest BCUT2D eigenvalue weighted by Gasteiger charge is -2.45. The Morgan fingerprint density at radius 3 is 1.84 bits per heavy atom. The van der Waals surface area contributed by atoms with Crippen LogP contribution in [-0.2, 0) is 28.5 Å². The third-order valence-electron chi connectivity index (χ3n) is 16.8. The second kappa shape index (κ2) is 9.78. The van der Waals surface area contributed by atoms with Crippen LogP contribution in [0.4, 0.5) is 9.59 Å². The number of Topliss-reactive ketones (excluding diaryl/α,β-unsaturated/α-hetero) is 2. The van der Waals surface area contributed by atoms with Crippen LogP contribution in [0.5, 0.6) is 0 Å². The smallest absolute Gasteiger partial charge is 0.426 e. The highest BCUT2D eigenvalue weighted by molar-refractivity contribution is 5.96. The van der Waals surface area contributed by atoms with Gasteiger partial charge < -0.3 is 24.1 Å². The minimum Gasteiger partial charge on any atom is -0.426 e. The van der Waals surface area contributed by atoms with Gasteiger partial charge in [0.1, 0.15) is 0 Å². The maximum Gasteiger partial charge on any atom is 0.509 e. The van der Waals surface area contributed by atoms with Crippen molar-refractivity contribution in [3.8, 4) is 0 Å². The van der Waals surface area contributed by atoms with Gasteiger partial charge in [0.05, 0.1) is 16.9 Å². The van der Waals surface area contributed by atoms with E-state index in [0.717, 1.165) is 29.6 Å². The summed E-state index contributed by atoms with van der Waals surface area (Å²) in [6, 6.07) is 0. The van der Waals surface area contributed by atoms with Gasteiger partial charge in [-0.15, -0.1) is 0 Å². The van der Waals surface area contributed by atoms with Crippen LogP contribution in [0, 0.1) is 74.9 Å². The van der Waals surface area contributed by atoms with E-state index >= 15 is 0 Å². The second-order valence-corrected chi connectivity index (χ2v) is 19.8. The largest absolute Gasteiger partial charge is 0.509 e. The first-order valence-electron chi connectivity index (χ1n) is 19.3. The van der Waals surface area contributed by atoms with E-state index in [2.05, 4.69) is 59.8 Å². The summed E-state index contributed by atoms with van der Waals surface area (Å²) in [4.78, 5) is 52.4. The molecule has 4 spiro atoms. The molecule has 2 saturated heterocycles. The van der Waals surface area contributed by atoms with Gasteiger partial charge in [-0.2, -0.15) is 0 Å². The Bertz CT molecular complexity index is 1780. The molecular formula is C42H54O9. The lowest BCUT2D eigenvalue weighted by Crippen LogP contribution is -2.59. The highest BCUT2D eigenvalue weighted by Crippen LogP contribution is 2.75. The molecule has 2 heterocycles. The lowest BCUT2D eigenvalue weighted by molar-refractivity contribution is -0.149. The fourth-order valence-corrected chi connectivity index (χ4v) is 14.5. The molecule has 276 valence electrons. The molecule has 7 fully saturated rings. The molecule has 0 aromatic heterocycles. The maximum atomic E-state index is 14.1. The van der Waals surface area contributed by atoms with Crippen molar-refractivity contribution in [2.75, 3.05) is 0 Å². The Morgan fingerprint density at radius 1 is 0.706 bits per heavy atom. The zero-order valence-electron chi connectivity index (χ0n) is 31.7. The van der Waals surface area contributed by atoms with E-state index in [1.54, 1.807) is 0 Å². The van der Waals surface area contributed by atoms with Crippen LogP contribution in [0.15, 0.2) is 34.9 Å². The summed E-state index contributed by atoms with van der Waals surface area (Å²) in [7, 11) is 0. The van der Waals surface area contributed by atoms with E-state index in [-0.39, 0.29) is 52.0 Å². The summed E-state index contributed by atoms with van der Waals surface area (Å²) < 4.78 is 23.0. The van der Waals surface area contributed by atoms with Crippen molar-refractivity contribution in [1.29, 1.82) is 0 Å². The van der Waals surface area contributed by atoms with Crippen LogP contribution in [0.25, 0.3) is 0 Å². The number of fused-ring (bicyclic) bond motifs is 6. The van der Waals surface area contributed by atoms with Crippen molar-refractivity contribution in [1.82, 2.24) is 0 Å². The van der Waals surface area contributed by atoms with Crippen molar-refractivity contribution >= 4 is 23.9 Å². The summed E-state index contributed by atoms with van der Waals surface area (Å²) in [5.41, 5.74) is -0.0687. The molecule has 4 bridgehead atoms. The normalized spacial score (nSPS) is 54.1. The van der Waals surface area contributed by atoms with Crippen LogP contribution in [0.2, 0.25) is 0 Å². The van der Waals surface area contributed by atoms with E-state index in [1.165, 1.54) is 0 Å². The number of hydrogen-bond acceptors (Lipinski definition) is 9. The van der Waals surface area contributed by atoms with E-state index in [1.807, 2.05) is 27.7 Å². The molecule has 16 atom stereocenters. The first-order valence-corrected chi connectivity index (χ1v) is 19.3. The lowest BCUT2D eigenvalue weighted by atomic mass is 9.59. The molecule has 51 heavy (non-hydrogen) atoms. The average Bonchev–Trinajstić information content (AvgIpc) is 3.44. The monoisotopic (exact) mass is 702 g/mol. The van der Waals surface area contributed by atoms with Crippen molar-refractivity contribution in [3.63, 3.8) is 0 Å². The van der Waals surface area contributed by atoms with Crippen LogP contribution >= 0.6 is 0 Å². The van der Waals surface area contributed by atoms with Crippen LogP contribution in [0.3, 0.4) is 0 Å². The highest BCUT2D eigenvalue weighted by atomic mass is 16.8. The van der Waals surface area contributed by atoms with Gasteiger partial charge in [0.15, 0.2) is 35.0 Å². The third kappa shape index (κ3) is 3.68. The standard InChI is InChI=1S/C21H28O5.C21H26O4/c1-9-7-20-10(2)6-12-14(19(12,4)5)13(16(20)23)15(22)11(3)17-21(20,8-9)26-18(24)25-17;1-10-8-20-12(3)7-14-15(19(14,4)5)13(16(20)22)6-11(2)17-21(20,9-10)25-18(23)24-17/h7,10-15,17,22H,6,8H2,1-5H3;6,8,12-15,17H,7,9H2,1-5H3/t10-,11+,12-,13-,14-,15-,17-,20+,21-;12-,13+,14-,15+,17-,20+,21-/m11/s1. The molecule has 8 aliphatic carbocycles. The van der Waals surface area contributed by atoms with Crippen molar-refractivity contribution in [2.45, 2.75) is 124 Å². The molecule has 10 aliphatic rings. The molecule has 0 radical (unpaired) electrons. The summed E-state index contributed by atoms with van der Waals surface area (Å²) in [6.07, 6.45) is 6.13. The van der Waals surface area contributed by atoms with Crippen LogP contribution in [0.1, 0.15) is 94.9 Å². The van der Waals surface area contributed by atoms with Gasteiger partial charge in [0.2, 0.25) is 0 Å². The number of carbonyl (C=O) groups is 4. The van der Waals surface area contributed by atoms with Crippen LogP contribution < -0.4 is 0 Å². The molecule has 0 aromatic carbocycles. The zero-order valence-corrected chi connectivity index (χ0v) is 31.7. The third-order valence-corrected chi connectivity index (χ3v) is 16.8. The Labute approximate surface area is 300 Å². The Balaban J connectivity index is 0.000000137. The minimum atomic E-state index is -0.999. The van der Waals surface area contributed by atoms with Gasteiger partial charge in [-0.25, -0.2) is 9.59 Å². The van der Waals surface area contributed by atoms with Crippen molar-refractivity contribution < 1.29 is 43.2 Å². The van der Waals surface area contributed by atoms with E-state index in [0.29, 0.717) is 30.6 Å². The number of carbonyl (C=O) groups excluding carboxylic acids is 4. The minimum absolute atomic E-state index is 0.0428. The maximum absolute atomic E-state index is 14.1. The van der Waals surface area contributed by atoms with Gasteiger partial charge in [-0.1, -0.05) is 77.8 Å². The Morgan fingerprint density at radius 2 is 1.22 bits per heavy atom. The van der Waals surface area contributed by atoms with Crippen molar-refractivity contribution in [3.05, 3.63) is 34.9 Å². The molecule has 9 heteroatoms. The fraction of sp³-hybridized carbons (Fsp3) is 0.762. The second-order valence-electron chi connectivity index (χ2n) is 19.8. The molecular weight excluding hydrogens is 648 g/mol. The molecule has 0 aromatic rings. The number of ether oxygens (including phenoxy) is 4. The first kappa shape index (κ1) is 33.9. The number of ketones is 2. The highest BCUT2D eigenvalue weighted by Gasteiger charge is 2.80. The van der Waals surface area contributed by atoms with E-state index in [9.17, 15) is 24.3 Å². The Hall–Kier alpha value is -2.94. The first-order chi connectivity index (χ1) is 23.7. The molecule has 2 aliphatic heterocycles. The fourth-order valence-electron chi connectivity index (χ4n) is 14.5. The van der Waals surface area contributed by atoms with E-state index in [4.69, 9.17) is 18.9 Å². The predicted octanol–water partition coefficient (Wildman–Crippen LogP) is 7.16. The zero-order chi connectivity index (χ0) is 36.7. The molecule has 0 amide bonds. The predicted molar refractivity (Wildman–Crippen MR) is 185 cm³/mol. The summed E-state index contributed by atoms with van der Waals surface area (Å²) in [5.74, 6) is 1.20. The van der Waals surface area contributed by atoms with Gasteiger partial charge in [-0.05, 0) is 85.5 Å². The van der Waals surface area contributed by atoms with Crippen molar-refractivity contribution in [2.24, 2.45) is 74.9 Å². The molecule has 5 saturated carbocycles. The molecule has 10 rings (SSSR count). The topological polar surface area (TPSA) is 125 Å². The Kier molecular flexibility index (Phi) is 6.49. The number of allylic oxidation sites excluding steroid dienone is 1. The number of hydrogen-bond donors (Lipinski definition) is 1. The molecule has 9 nitrogen and oxygen atoms in total. The summed E-state index contributed by atoms with van der Waals surface area (Å²) in [5, 5.41) is 11.2. The number of aliphatic hydroxyl groups is 1.